The van der Waals surface area contributed by atoms with Crippen molar-refractivity contribution in [2.45, 2.75) is 6.43 Å². The second-order valence-corrected chi connectivity index (χ2v) is 2.62. The van der Waals surface area contributed by atoms with Crippen LogP contribution in [0.15, 0.2) is 12.3 Å². The van der Waals surface area contributed by atoms with Crippen LogP contribution < -0.4 is 0 Å². The molecular formula is C7H4F2N4O2. The molecule has 0 aliphatic carbocycles. The van der Waals surface area contributed by atoms with Gasteiger partial charge in [0.1, 0.15) is 5.69 Å². The van der Waals surface area contributed by atoms with Crippen LogP contribution in [0.3, 0.4) is 0 Å². The van der Waals surface area contributed by atoms with Crippen molar-refractivity contribution in [3.05, 3.63) is 23.8 Å². The number of rotatable bonds is 2. The smallest absolute Gasteiger partial charge is 0.375 e. The first-order valence-corrected chi connectivity index (χ1v) is 3.82. The Balaban J connectivity index is 2.69. The van der Waals surface area contributed by atoms with E-state index in [0.29, 0.717) is 4.52 Å². The van der Waals surface area contributed by atoms with E-state index < -0.39 is 23.9 Å². The topological polar surface area (TPSA) is 80.4 Å². The van der Waals surface area contributed by atoms with E-state index >= 15 is 0 Å². The van der Waals surface area contributed by atoms with Crippen molar-refractivity contribution in [3.8, 4) is 0 Å². The quantitative estimate of drug-likeness (QED) is 0.798. The second-order valence-electron chi connectivity index (χ2n) is 2.62. The van der Waals surface area contributed by atoms with E-state index in [4.69, 9.17) is 5.11 Å². The van der Waals surface area contributed by atoms with Gasteiger partial charge < -0.3 is 5.11 Å². The summed E-state index contributed by atoms with van der Waals surface area (Å²) in [4.78, 5) is 17.6. The van der Waals surface area contributed by atoms with Crippen molar-refractivity contribution in [3.63, 3.8) is 0 Å². The van der Waals surface area contributed by atoms with Crippen molar-refractivity contribution in [1.29, 1.82) is 0 Å². The maximum absolute atomic E-state index is 12.4. The Hall–Kier alpha value is -2.12. The number of fused-ring (bicyclic) bond motifs is 1. The second kappa shape index (κ2) is 3.23. The molecule has 8 heteroatoms. The van der Waals surface area contributed by atoms with Gasteiger partial charge in [-0.05, 0) is 6.07 Å². The zero-order valence-corrected chi connectivity index (χ0v) is 7.13. The Kier molecular flexibility index (Phi) is 2.03. The summed E-state index contributed by atoms with van der Waals surface area (Å²) in [5.74, 6) is -2.11. The first-order chi connectivity index (χ1) is 7.09. The van der Waals surface area contributed by atoms with Crippen LogP contribution in [0, 0.1) is 0 Å². The van der Waals surface area contributed by atoms with Gasteiger partial charge in [-0.1, -0.05) is 0 Å². The molecule has 0 saturated heterocycles. The summed E-state index contributed by atoms with van der Waals surface area (Å²) in [6.07, 6.45) is -1.64. The third-order valence-corrected chi connectivity index (χ3v) is 1.68. The van der Waals surface area contributed by atoms with E-state index in [1.54, 1.807) is 0 Å². The van der Waals surface area contributed by atoms with Gasteiger partial charge in [-0.15, -0.1) is 5.10 Å². The summed E-state index contributed by atoms with van der Waals surface area (Å²) >= 11 is 0. The molecular weight excluding hydrogens is 210 g/mol. The summed E-state index contributed by atoms with van der Waals surface area (Å²) in [5.41, 5.74) is -0.444. The molecule has 2 rings (SSSR count). The van der Waals surface area contributed by atoms with Crippen molar-refractivity contribution in [2.24, 2.45) is 0 Å². The highest BCUT2D eigenvalue weighted by atomic mass is 19.3. The summed E-state index contributed by atoms with van der Waals surface area (Å²) in [7, 11) is 0. The molecule has 0 bridgehead atoms. The number of halogens is 2. The van der Waals surface area contributed by atoms with Crippen molar-refractivity contribution in [1.82, 2.24) is 19.6 Å². The van der Waals surface area contributed by atoms with Gasteiger partial charge in [-0.3, -0.25) is 0 Å². The molecule has 0 spiro atoms. The maximum Gasteiger partial charge on any atom is 0.375 e. The molecule has 0 fully saturated rings. The third-order valence-electron chi connectivity index (χ3n) is 1.68. The number of carbonyl (C=O) groups is 1. The number of nitrogens with zero attached hydrogens (tertiary/aromatic N) is 4. The Morgan fingerprint density at radius 3 is 2.87 bits per heavy atom. The average Bonchev–Trinajstić information content (AvgIpc) is 2.60. The molecule has 15 heavy (non-hydrogen) atoms. The van der Waals surface area contributed by atoms with Crippen LogP contribution in [0.1, 0.15) is 22.7 Å². The van der Waals surface area contributed by atoms with E-state index in [9.17, 15) is 13.6 Å². The van der Waals surface area contributed by atoms with Gasteiger partial charge >= 0.3 is 5.97 Å². The van der Waals surface area contributed by atoms with Crippen LogP contribution in [0.2, 0.25) is 0 Å². The van der Waals surface area contributed by atoms with E-state index in [1.165, 1.54) is 0 Å². The third kappa shape index (κ3) is 1.49. The normalized spacial score (nSPS) is 11.1. The van der Waals surface area contributed by atoms with Gasteiger partial charge in [0.05, 0.1) is 0 Å². The van der Waals surface area contributed by atoms with Crippen molar-refractivity contribution in [2.75, 3.05) is 0 Å². The lowest BCUT2D eigenvalue weighted by Crippen LogP contribution is -2.02. The maximum atomic E-state index is 12.4. The standard InChI is InChI=1S/C7H4F2N4O2/c8-4(9)3-1-2-10-7-11-5(6(14)15)12-13(3)7/h1-2,4H,(H,14,15). The molecule has 6 nitrogen and oxygen atoms in total. The van der Waals surface area contributed by atoms with Gasteiger partial charge in [-0.25, -0.2) is 18.6 Å². The molecule has 1 N–H and O–H groups in total. The molecule has 0 amide bonds. The zero-order chi connectivity index (χ0) is 11.0. The lowest BCUT2D eigenvalue weighted by molar-refractivity contribution is 0.0683. The van der Waals surface area contributed by atoms with Crippen LogP contribution in [0.25, 0.3) is 5.78 Å². The molecule has 78 valence electrons. The lowest BCUT2D eigenvalue weighted by Gasteiger charge is -1.99. The molecule has 0 aliphatic heterocycles. The SMILES string of the molecule is O=C(O)c1nc2nccc(C(F)F)n2n1. The van der Waals surface area contributed by atoms with Gasteiger partial charge in [0, 0.05) is 6.20 Å². The molecule has 0 aliphatic rings. The summed E-state index contributed by atoms with van der Waals surface area (Å²) < 4.78 is 25.6. The predicted molar refractivity (Wildman–Crippen MR) is 42.7 cm³/mol. The Labute approximate surface area is 81.2 Å². The average molecular weight is 214 g/mol. The van der Waals surface area contributed by atoms with Crippen LogP contribution in [0.5, 0.6) is 0 Å². The highest BCUT2D eigenvalue weighted by Gasteiger charge is 2.17. The minimum Gasteiger partial charge on any atom is -0.475 e. The molecule has 2 aromatic rings. The summed E-state index contributed by atoms with van der Waals surface area (Å²) in [5, 5.41) is 12.0. The number of carboxylic acids is 1. The molecule has 0 aromatic carbocycles. The van der Waals surface area contributed by atoms with Gasteiger partial charge in [0.25, 0.3) is 18.0 Å². The molecule has 0 saturated carbocycles. The number of alkyl halides is 2. The van der Waals surface area contributed by atoms with E-state index in [2.05, 4.69) is 15.1 Å². The van der Waals surface area contributed by atoms with Crippen molar-refractivity contribution >= 4 is 11.7 Å². The predicted octanol–water partition coefficient (Wildman–Crippen LogP) is 0.760. The summed E-state index contributed by atoms with van der Waals surface area (Å²) in [6.45, 7) is 0. The Morgan fingerprint density at radius 1 is 1.53 bits per heavy atom. The fourth-order valence-corrected chi connectivity index (χ4v) is 1.07. The summed E-state index contributed by atoms with van der Waals surface area (Å²) in [6, 6.07) is 1.05. The van der Waals surface area contributed by atoms with Crippen molar-refractivity contribution < 1.29 is 18.7 Å². The van der Waals surface area contributed by atoms with E-state index in [1.807, 2.05) is 0 Å². The van der Waals surface area contributed by atoms with Gasteiger partial charge in [0.15, 0.2) is 0 Å². The minimum atomic E-state index is -2.76. The number of hydrogen-bond acceptors (Lipinski definition) is 4. The lowest BCUT2D eigenvalue weighted by atomic mass is 10.4. The first kappa shape index (κ1) is 9.44. The first-order valence-electron chi connectivity index (χ1n) is 3.82. The van der Waals surface area contributed by atoms with Crippen LogP contribution in [-0.2, 0) is 0 Å². The fraction of sp³-hybridized carbons (Fsp3) is 0.143. The van der Waals surface area contributed by atoms with E-state index in [0.717, 1.165) is 12.3 Å². The molecule has 0 unspecified atom stereocenters. The highest BCUT2D eigenvalue weighted by molar-refractivity contribution is 5.83. The number of hydrogen-bond donors (Lipinski definition) is 1. The van der Waals surface area contributed by atoms with Crippen LogP contribution in [0.4, 0.5) is 8.78 Å². The molecule has 0 atom stereocenters. The Bertz CT molecular complexity index is 525. The highest BCUT2D eigenvalue weighted by Crippen LogP contribution is 2.17. The minimum absolute atomic E-state index is 0.162. The molecule has 2 heterocycles. The van der Waals surface area contributed by atoms with Crippen LogP contribution in [-0.4, -0.2) is 30.7 Å². The number of aromatic nitrogens is 4. The monoisotopic (exact) mass is 214 g/mol. The van der Waals surface area contributed by atoms with E-state index in [-0.39, 0.29) is 5.78 Å². The number of carboxylic acid groups (broad SMARTS) is 1. The molecule has 0 radical (unpaired) electrons. The fourth-order valence-electron chi connectivity index (χ4n) is 1.07. The molecule has 2 aromatic heterocycles. The zero-order valence-electron chi connectivity index (χ0n) is 7.13. The Morgan fingerprint density at radius 2 is 2.27 bits per heavy atom. The van der Waals surface area contributed by atoms with Gasteiger partial charge in [0.2, 0.25) is 0 Å². The van der Waals surface area contributed by atoms with Gasteiger partial charge in [-0.2, -0.15) is 9.50 Å². The van der Waals surface area contributed by atoms with Crippen LogP contribution >= 0.6 is 0 Å². The number of aromatic carboxylic acids is 1. The largest absolute Gasteiger partial charge is 0.475 e.